The average Bonchev–Trinajstić information content (AvgIpc) is 3.45. The molecule has 1 amide bonds. The molecule has 3 heterocycles. The molecule has 5 rings (SSSR count). The van der Waals surface area contributed by atoms with Gasteiger partial charge in [-0.15, -0.1) is 0 Å². The van der Waals surface area contributed by atoms with Gasteiger partial charge >= 0.3 is 0 Å². The number of halogens is 1. The number of amides is 1. The van der Waals surface area contributed by atoms with Gasteiger partial charge in [0.15, 0.2) is 5.76 Å². The molecule has 0 N–H and O–H groups in total. The van der Waals surface area contributed by atoms with Crippen molar-refractivity contribution in [1.82, 2.24) is 10.1 Å². The Morgan fingerprint density at radius 1 is 1.16 bits per heavy atom. The Labute approximate surface area is 186 Å². The van der Waals surface area contributed by atoms with Crippen molar-refractivity contribution in [3.05, 3.63) is 70.8 Å². The number of furan rings is 1. The number of ether oxygens (including phenoxy) is 1. The van der Waals surface area contributed by atoms with E-state index in [0.29, 0.717) is 42.2 Å². The summed E-state index contributed by atoms with van der Waals surface area (Å²) in [4.78, 5) is 14.7. The van der Waals surface area contributed by atoms with Crippen molar-refractivity contribution in [2.75, 3.05) is 13.1 Å². The molecule has 0 bridgehead atoms. The summed E-state index contributed by atoms with van der Waals surface area (Å²) < 4.78 is 30.0. The SMILES string of the molecule is C[C@H]1CCc2noc(C3CCN(C(=O)c4ccc(COc5ccc(F)cc5)o4)CC3)c2C1. The number of aromatic nitrogens is 1. The highest BCUT2D eigenvalue weighted by Gasteiger charge is 2.32. The van der Waals surface area contributed by atoms with Crippen molar-refractivity contribution < 1.29 is 22.9 Å². The van der Waals surface area contributed by atoms with E-state index in [0.717, 1.165) is 37.1 Å². The molecule has 0 unspecified atom stereocenters. The van der Waals surface area contributed by atoms with Gasteiger partial charge in [-0.05, 0) is 74.4 Å². The third-order valence-electron chi connectivity index (χ3n) is 6.55. The summed E-state index contributed by atoms with van der Waals surface area (Å²) in [6.45, 7) is 3.78. The van der Waals surface area contributed by atoms with E-state index < -0.39 is 0 Å². The fourth-order valence-electron chi connectivity index (χ4n) is 4.68. The van der Waals surface area contributed by atoms with Gasteiger partial charge in [-0.25, -0.2) is 4.39 Å². The Bertz CT molecular complexity index is 1080. The summed E-state index contributed by atoms with van der Waals surface area (Å²) in [5.41, 5.74) is 2.44. The number of piperidine rings is 1. The Hall–Kier alpha value is -3.09. The molecular formula is C25H27FN2O4. The Morgan fingerprint density at radius 3 is 2.72 bits per heavy atom. The van der Waals surface area contributed by atoms with E-state index in [1.165, 1.54) is 24.1 Å². The molecule has 1 atom stereocenters. The third-order valence-corrected chi connectivity index (χ3v) is 6.55. The first kappa shape index (κ1) is 20.8. The minimum absolute atomic E-state index is 0.107. The normalized spacial score (nSPS) is 19.1. The predicted octanol–water partition coefficient (Wildman–Crippen LogP) is 5.13. The molecule has 3 aromatic rings. The number of carbonyl (C=O) groups is 1. The minimum Gasteiger partial charge on any atom is -0.486 e. The molecule has 0 radical (unpaired) electrons. The number of hydrogen-bond donors (Lipinski definition) is 0. The topological polar surface area (TPSA) is 68.7 Å². The zero-order valence-electron chi connectivity index (χ0n) is 18.2. The van der Waals surface area contributed by atoms with Crippen LogP contribution in [-0.2, 0) is 19.4 Å². The van der Waals surface area contributed by atoms with Gasteiger partial charge < -0.3 is 18.6 Å². The van der Waals surface area contributed by atoms with Crippen LogP contribution in [0.2, 0.25) is 0 Å². The molecule has 32 heavy (non-hydrogen) atoms. The summed E-state index contributed by atoms with van der Waals surface area (Å²) in [7, 11) is 0. The quantitative estimate of drug-likeness (QED) is 0.552. The lowest BCUT2D eigenvalue weighted by Gasteiger charge is -2.31. The molecule has 7 heteroatoms. The molecule has 2 aliphatic rings. The number of carbonyl (C=O) groups excluding carboxylic acids is 1. The van der Waals surface area contributed by atoms with Gasteiger partial charge in [-0.2, -0.15) is 0 Å². The number of likely N-dealkylation sites (tertiary alicyclic amines) is 1. The van der Waals surface area contributed by atoms with E-state index in [1.54, 1.807) is 24.3 Å². The molecule has 1 saturated heterocycles. The number of aryl methyl sites for hydroxylation is 1. The van der Waals surface area contributed by atoms with Crippen LogP contribution in [0.5, 0.6) is 5.75 Å². The molecule has 6 nitrogen and oxygen atoms in total. The van der Waals surface area contributed by atoms with Crippen LogP contribution in [0.1, 0.15) is 65.4 Å². The van der Waals surface area contributed by atoms with E-state index in [1.807, 2.05) is 4.90 Å². The van der Waals surface area contributed by atoms with Crippen LogP contribution in [-0.4, -0.2) is 29.1 Å². The molecular weight excluding hydrogens is 411 g/mol. The van der Waals surface area contributed by atoms with Crippen LogP contribution in [0.15, 0.2) is 45.3 Å². The molecule has 1 aliphatic carbocycles. The van der Waals surface area contributed by atoms with Crippen LogP contribution < -0.4 is 4.74 Å². The molecule has 168 valence electrons. The highest BCUT2D eigenvalue weighted by atomic mass is 19.1. The van der Waals surface area contributed by atoms with Crippen molar-refractivity contribution in [2.24, 2.45) is 5.92 Å². The highest BCUT2D eigenvalue weighted by Crippen LogP contribution is 2.36. The molecule has 2 aromatic heterocycles. The number of rotatable bonds is 5. The maximum atomic E-state index is 13.0. The number of fused-ring (bicyclic) bond motifs is 1. The highest BCUT2D eigenvalue weighted by molar-refractivity contribution is 5.91. The van der Waals surface area contributed by atoms with Gasteiger partial charge in [0.2, 0.25) is 0 Å². The van der Waals surface area contributed by atoms with Gasteiger partial charge in [0, 0.05) is 24.6 Å². The van der Waals surface area contributed by atoms with E-state index >= 15 is 0 Å². The number of benzene rings is 1. The monoisotopic (exact) mass is 438 g/mol. The summed E-state index contributed by atoms with van der Waals surface area (Å²) in [6.07, 6.45) is 4.95. The van der Waals surface area contributed by atoms with Crippen molar-refractivity contribution in [3.8, 4) is 5.75 Å². The van der Waals surface area contributed by atoms with Crippen LogP contribution in [0.3, 0.4) is 0 Å². The van der Waals surface area contributed by atoms with Crippen molar-refractivity contribution in [3.63, 3.8) is 0 Å². The summed E-state index contributed by atoms with van der Waals surface area (Å²) in [5.74, 6) is 3.01. The van der Waals surface area contributed by atoms with Crippen LogP contribution in [0.25, 0.3) is 0 Å². The summed E-state index contributed by atoms with van der Waals surface area (Å²) in [5, 5.41) is 4.31. The standard InChI is InChI=1S/C25H27FN2O4/c1-16-2-8-22-21(14-16)24(32-27-22)17-10-12-28(13-11-17)25(29)23-9-7-20(31-23)15-30-19-5-3-18(26)4-6-19/h3-7,9,16-17H,2,8,10-15H2,1H3/t16-/m0/s1. The smallest absolute Gasteiger partial charge is 0.289 e. The zero-order chi connectivity index (χ0) is 22.1. The van der Waals surface area contributed by atoms with Crippen LogP contribution in [0.4, 0.5) is 4.39 Å². The van der Waals surface area contributed by atoms with Crippen molar-refractivity contribution in [2.45, 2.75) is 51.6 Å². The third kappa shape index (κ3) is 4.29. The summed E-state index contributed by atoms with van der Waals surface area (Å²) >= 11 is 0. The van der Waals surface area contributed by atoms with Gasteiger partial charge in [0.05, 0.1) is 5.69 Å². The molecule has 0 spiro atoms. The Kier molecular flexibility index (Phi) is 5.72. The lowest BCUT2D eigenvalue weighted by Crippen LogP contribution is -2.37. The maximum Gasteiger partial charge on any atom is 0.289 e. The summed E-state index contributed by atoms with van der Waals surface area (Å²) in [6, 6.07) is 9.22. The second-order valence-electron chi connectivity index (χ2n) is 8.90. The maximum absolute atomic E-state index is 13.0. The average molecular weight is 438 g/mol. The lowest BCUT2D eigenvalue weighted by atomic mass is 9.83. The predicted molar refractivity (Wildman–Crippen MR) is 115 cm³/mol. The molecule has 1 fully saturated rings. The van der Waals surface area contributed by atoms with Crippen molar-refractivity contribution >= 4 is 5.91 Å². The zero-order valence-corrected chi connectivity index (χ0v) is 18.2. The van der Waals surface area contributed by atoms with E-state index in [4.69, 9.17) is 13.7 Å². The van der Waals surface area contributed by atoms with Crippen molar-refractivity contribution in [1.29, 1.82) is 0 Å². The Balaban J connectivity index is 1.16. The number of hydrogen-bond acceptors (Lipinski definition) is 5. The number of nitrogens with zero attached hydrogens (tertiary/aromatic N) is 2. The minimum atomic E-state index is -0.315. The molecule has 1 aliphatic heterocycles. The molecule has 1 aromatic carbocycles. The first-order chi connectivity index (χ1) is 15.6. The largest absolute Gasteiger partial charge is 0.486 e. The van der Waals surface area contributed by atoms with Gasteiger partial charge in [0.25, 0.3) is 5.91 Å². The molecule has 0 saturated carbocycles. The first-order valence-corrected chi connectivity index (χ1v) is 11.3. The fraction of sp³-hybridized carbons (Fsp3) is 0.440. The second kappa shape index (κ2) is 8.81. The Morgan fingerprint density at radius 2 is 1.94 bits per heavy atom. The van der Waals surface area contributed by atoms with E-state index in [-0.39, 0.29) is 18.3 Å². The fourth-order valence-corrected chi connectivity index (χ4v) is 4.68. The lowest BCUT2D eigenvalue weighted by molar-refractivity contribution is 0.0669. The van der Waals surface area contributed by atoms with Gasteiger partial charge in [-0.1, -0.05) is 12.1 Å². The second-order valence-corrected chi connectivity index (χ2v) is 8.90. The van der Waals surface area contributed by atoms with Gasteiger partial charge in [0.1, 0.15) is 29.7 Å². The van der Waals surface area contributed by atoms with Gasteiger partial charge in [-0.3, -0.25) is 4.79 Å². The van der Waals surface area contributed by atoms with E-state index in [2.05, 4.69) is 12.1 Å². The van der Waals surface area contributed by atoms with Crippen LogP contribution >= 0.6 is 0 Å². The van der Waals surface area contributed by atoms with E-state index in [9.17, 15) is 9.18 Å². The first-order valence-electron chi connectivity index (χ1n) is 11.3. The van der Waals surface area contributed by atoms with Crippen LogP contribution in [0, 0.1) is 11.7 Å².